The second kappa shape index (κ2) is 16.4. The standard InChI is InChI=1S/C20H28FN3O3.C15H20FN3O.CH4.ClH/c1-13-16-7-8-24(15-5-6-15)18(25)17(16)12-23(13)11-14(9-21)10-22-19(26)27-20(2,3)4;1-10-13-4-5-19(12-2-3-12)15(20)14(13)9-18(10)8-11(6-16)7-17;;/h9,12,15H,5-8,10-11H2,1-4H3,(H,22,26);6,9,12H,2-5,7-8,17H2,1H3;1H4;1H/b14-9+;11-6+;;. The van der Waals surface area contributed by atoms with Crippen molar-refractivity contribution in [2.45, 2.75) is 111 Å². The molecule has 4 heterocycles. The van der Waals surface area contributed by atoms with Crippen molar-refractivity contribution in [2.75, 3.05) is 26.2 Å². The third-order valence-corrected chi connectivity index (χ3v) is 9.29. The molecule has 0 radical (unpaired) electrons. The molecule has 0 saturated heterocycles. The zero-order chi connectivity index (χ0) is 34.0. The normalized spacial score (nSPS) is 17.7. The molecule has 0 bridgehead atoms. The van der Waals surface area contributed by atoms with E-state index in [1.165, 1.54) is 0 Å². The molecule has 4 aliphatic rings. The zero-order valence-corrected chi connectivity index (χ0v) is 29.4. The van der Waals surface area contributed by atoms with Crippen LogP contribution < -0.4 is 11.1 Å². The van der Waals surface area contributed by atoms with Gasteiger partial charge in [-0.15, -0.1) is 12.4 Å². The summed E-state index contributed by atoms with van der Waals surface area (Å²) in [5, 5.41) is 2.57. The van der Waals surface area contributed by atoms with Gasteiger partial charge in [0, 0.05) is 75.1 Å². The summed E-state index contributed by atoms with van der Waals surface area (Å²) in [6.45, 7) is 11.8. The number of hydrogen-bond acceptors (Lipinski definition) is 5. The Balaban J connectivity index is 0.000000265. The van der Waals surface area contributed by atoms with Gasteiger partial charge in [0.15, 0.2) is 0 Å². The number of aromatic nitrogens is 2. The summed E-state index contributed by atoms with van der Waals surface area (Å²) in [5.41, 5.74) is 11.5. The molecular weight excluding hydrogens is 654 g/mol. The van der Waals surface area contributed by atoms with Crippen LogP contribution in [-0.2, 0) is 30.7 Å². The Morgan fingerprint density at radius 1 is 0.878 bits per heavy atom. The summed E-state index contributed by atoms with van der Waals surface area (Å²) in [6.07, 6.45) is 10.3. The van der Waals surface area contributed by atoms with E-state index in [4.69, 9.17) is 10.5 Å². The first-order valence-corrected chi connectivity index (χ1v) is 16.6. The average molecular weight is 707 g/mol. The van der Waals surface area contributed by atoms with Crippen molar-refractivity contribution in [3.8, 4) is 0 Å². The van der Waals surface area contributed by atoms with Crippen molar-refractivity contribution < 1.29 is 27.9 Å². The molecule has 2 saturated carbocycles. The molecule has 2 aromatic rings. The fourth-order valence-electron chi connectivity index (χ4n) is 6.38. The number of halogens is 3. The number of carbonyl (C=O) groups excluding carboxylic acids is 3. The lowest BCUT2D eigenvalue weighted by molar-refractivity contribution is 0.0531. The van der Waals surface area contributed by atoms with Crippen LogP contribution in [0.2, 0.25) is 0 Å². The number of nitrogens with two attached hydrogens (primary N) is 1. The minimum Gasteiger partial charge on any atom is -0.444 e. The van der Waals surface area contributed by atoms with Gasteiger partial charge in [-0.3, -0.25) is 9.59 Å². The highest BCUT2D eigenvalue weighted by molar-refractivity contribution is 5.98. The Morgan fingerprint density at radius 2 is 1.31 bits per heavy atom. The van der Waals surface area contributed by atoms with E-state index in [2.05, 4.69) is 5.32 Å². The van der Waals surface area contributed by atoms with Crippen LogP contribution >= 0.6 is 12.4 Å². The highest BCUT2D eigenvalue weighted by Crippen LogP contribution is 2.34. The Kier molecular flexibility index (Phi) is 13.3. The molecule has 272 valence electrons. The van der Waals surface area contributed by atoms with Crippen LogP contribution in [0.25, 0.3) is 0 Å². The molecule has 0 aromatic carbocycles. The fraction of sp³-hybridized carbons (Fsp3) is 0.583. The highest BCUT2D eigenvalue weighted by Gasteiger charge is 2.38. The number of nitrogens with one attached hydrogen (secondary N) is 1. The predicted octanol–water partition coefficient (Wildman–Crippen LogP) is 6.16. The number of rotatable bonds is 9. The first-order chi connectivity index (χ1) is 22.3. The molecule has 2 fully saturated rings. The van der Waals surface area contributed by atoms with Crippen molar-refractivity contribution in [3.63, 3.8) is 0 Å². The molecule has 3 N–H and O–H groups in total. The maximum absolute atomic E-state index is 13.4. The van der Waals surface area contributed by atoms with Crippen molar-refractivity contribution in [1.29, 1.82) is 0 Å². The lowest BCUT2D eigenvalue weighted by Crippen LogP contribution is -2.38. The van der Waals surface area contributed by atoms with E-state index < -0.39 is 11.7 Å². The van der Waals surface area contributed by atoms with Gasteiger partial charge < -0.3 is 34.7 Å². The van der Waals surface area contributed by atoms with Crippen LogP contribution in [0.15, 0.2) is 36.2 Å². The van der Waals surface area contributed by atoms with Crippen LogP contribution in [-0.4, -0.2) is 80.7 Å². The molecular formula is C36H53ClF2N6O4. The minimum absolute atomic E-state index is 0. The number of hydrogen-bond donors (Lipinski definition) is 2. The SMILES string of the molecule is C.Cc1c2c(cn1C/C(=C/F)CN)C(=O)N(C1CC1)CC2.Cc1c2c(cn1C/C(=C/F)CNC(=O)OC(C)(C)C)C(=O)N(C1CC1)CC2.Cl. The quantitative estimate of drug-likeness (QED) is 0.324. The molecule has 2 aliphatic heterocycles. The van der Waals surface area contributed by atoms with Crippen molar-refractivity contribution in [2.24, 2.45) is 5.73 Å². The Bertz CT molecular complexity index is 1580. The van der Waals surface area contributed by atoms with Gasteiger partial charge in [0.05, 0.1) is 23.8 Å². The Morgan fingerprint density at radius 3 is 1.67 bits per heavy atom. The van der Waals surface area contributed by atoms with Crippen LogP contribution in [0.1, 0.15) is 97.1 Å². The van der Waals surface area contributed by atoms with E-state index in [-0.39, 0.29) is 51.3 Å². The summed E-state index contributed by atoms with van der Waals surface area (Å²) in [7, 11) is 0. The fourth-order valence-corrected chi connectivity index (χ4v) is 6.38. The Labute approximate surface area is 295 Å². The van der Waals surface area contributed by atoms with E-state index in [9.17, 15) is 23.2 Å². The lowest BCUT2D eigenvalue weighted by atomic mass is 10.0. The van der Waals surface area contributed by atoms with Crippen LogP contribution in [0.3, 0.4) is 0 Å². The van der Waals surface area contributed by atoms with E-state index >= 15 is 0 Å². The monoisotopic (exact) mass is 706 g/mol. The van der Waals surface area contributed by atoms with Crippen molar-refractivity contribution in [1.82, 2.24) is 24.3 Å². The van der Waals surface area contributed by atoms with Gasteiger partial charge in [-0.1, -0.05) is 7.43 Å². The molecule has 6 rings (SSSR count). The largest absolute Gasteiger partial charge is 0.444 e. The third-order valence-electron chi connectivity index (χ3n) is 9.29. The molecule has 3 amide bonds. The van der Waals surface area contributed by atoms with Gasteiger partial charge in [0.2, 0.25) is 0 Å². The minimum atomic E-state index is -0.604. The first-order valence-electron chi connectivity index (χ1n) is 16.6. The number of carbonyl (C=O) groups is 3. The molecule has 2 aliphatic carbocycles. The predicted molar refractivity (Wildman–Crippen MR) is 190 cm³/mol. The highest BCUT2D eigenvalue weighted by atomic mass is 35.5. The van der Waals surface area contributed by atoms with E-state index in [0.717, 1.165) is 85.3 Å². The van der Waals surface area contributed by atoms with Gasteiger partial charge in [-0.25, -0.2) is 13.6 Å². The molecule has 49 heavy (non-hydrogen) atoms. The second-order valence-corrected chi connectivity index (χ2v) is 14.0. The first kappa shape index (κ1) is 39.8. The zero-order valence-electron chi connectivity index (χ0n) is 28.6. The lowest BCUT2D eigenvalue weighted by Gasteiger charge is -2.27. The van der Waals surface area contributed by atoms with Gasteiger partial charge >= 0.3 is 6.09 Å². The number of amides is 3. The molecule has 0 spiro atoms. The molecule has 0 unspecified atom stereocenters. The Hall–Kier alpha value is -3.64. The summed E-state index contributed by atoms with van der Waals surface area (Å²) < 4.78 is 35.0. The van der Waals surface area contributed by atoms with Crippen LogP contribution in [0.4, 0.5) is 13.6 Å². The third kappa shape index (κ3) is 9.33. The summed E-state index contributed by atoms with van der Waals surface area (Å²) in [5.74, 6) is 0.215. The van der Waals surface area contributed by atoms with Crippen molar-refractivity contribution in [3.05, 3.63) is 69.8 Å². The summed E-state index contributed by atoms with van der Waals surface area (Å²) in [4.78, 5) is 40.9. The summed E-state index contributed by atoms with van der Waals surface area (Å²) >= 11 is 0. The molecule has 0 atom stereocenters. The van der Waals surface area contributed by atoms with E-state index in [0.29, 0.717) is 42.4 Å². The topological polar surface area (TPSA) is 115 Å². The number of ether oxygens (including phenoxy) is 1. The molecule has 13 heteroatoms. The average Bonchev–Trinajstić information content (AvgIpc) is 3.96. The summed E-state index contributed by atoms with van der Waals surface area (Å²) in [6, 6.07) is 0.846. The maximum Gasteiger partial charge on any atom is 0.407 e. The van der Waals surface area contributed by atoms with Gasteiger partial charge in [0.1, 0.15) is 5.60 Å². The van der Waals surface area contributed by atoms with Gasteiger partial charge in [-0.2, -0.15) is 0 Å². The molecule has 2 aromatic heterocycles. The maximum atomic E-state index is 13.4. The van der Waals surface area contributed by atoms with E-state index in [1.54, 1.807) is 20.8 Å². The smallest absolute Gasteiger partial charge is 0.407 e. The van der Waals surface area contributed by atoms with E-state index in [1.807, 2.05) is 45.2 Å². The van der Waals surface area contributed by atoms with Gasteiger partial charge in [0.25, 0.3) is 11.8 Å². The number of alkyl carbamates (subject to hydrolysis) is 1. The number of nitrogens with zero attached hydrogens (tertiary/aromatic N) is 4. The van der Waals surface area contributed by atoms with Crippen LogP contribution in [0, 0.1) is 13.8 Å². The van der Waals surface area contributed by atoms with Gasteiger partial charge in [-0.05, 0) is 95.4 Å². The van der Waals surface area contributed by atoms with Crippen LogP contribution in [0.5, 0.6) is 0 Å². The second-order valence-electron chi connectivity index (χ2n) is 14.0. The number of fused-ring (bicyclic) bond motifs is 2. The van der Waals surface area contributed by atoms with Crippen molar-refractivity contribution >= 4 is 30.3 Å². The molecule has 10 nitrogen and oxygen atoms in total.